The minimum atomic E-state index is -0.278. The third-order valence-electron chi connectivity index (χ3n) is 3.75. The Bertz CT molecular complexity index is 900. The Hall–Kier alpha value is -3.32. The molecular weight excluding hydrogens is 380 g/mol. The number of carbonyl (C=O) groups is 1. The van der Waals surface area contributed by atoms with Crippen LogP contribution >= 0.6 is 11.6 Å². The monoisotopic (exact) mass is 398 g/mol. The first-order valence-corrected chi connectivity index (χ1v) is 8.93. The molecule has 0 atom stereocenters. The molecule has 144 valence electrons. The second-order valence-electron chi connectivity index (χ2n) is 5.72. The Labute approximate surface area is 167 Å². The summed E-state index contributed by atoms with van der Waals surface area (Å²) in [5.74, 6) is 2.21. The molecule has 0 aliphatic heterocycles. The van der Waals surface area contributed by atoms with Gasteiger partial charge in [0.1, 0.15) is 23.9 Å². The lowest BCUT2D eigenvalue weighted by atomic mass is 10.2. The second-order valence-corrected chi connectivity index (χ2v) is 6.15. The normalized spacial score (nSPS) is 10.2. The van der Waals surface area contributed by atoms with Gasteiger partial charge in [-0.1, -0.05) is 11.6 Å². The predicted molar refractivity (Wildman–Crippen MR) is 108 cm³/mol. The van der Waals surface area contributed by atoms with Crippen molar-refractivity contribution in [2.24, 2.45) is 0 Å². The van der Waals surface area contributed by atoms with Crippen molar-refractivity contribution in [2.45, 2.75) is 0 Å². The van der Waals surface area contributed by atoms with Crippen LogP contribution in [0.25, 0.3) is 0 Å². The third kappa shape index (κ3) is 5.59. The van der Waals surface area contributed by atoms with Gasteiger partial charge in [0.05, 0.1) is 13.7 Å². The highest BCUT2D eigenvalue weighted by molar-refractivity contribution is 6.30. The number of hydrogen-bond acceptors (Lipinski definition) is 6. The van der Waals surface area contributed by atoms with E-state index in [1.165, 1.54) is 0 Å². The standard InChI is InChI=1S/C20H19ClN4O3/c1-27-16-6-8-17(9-7-16)28-13-12-22-18-10-11-19(25-24-18)23-20(26)14-2-4-15(21)5-3-14/h2-11H,12-13H2,1H3,(H,22,24)(H,23,25,26). The van der Waals surface area contributed by atoms with E-state index in [1.807, 2.05) is 24.3 Å². The van der Waals surface area contributed by atoms with Crippen molar-refractivity contribution in [3.63, 3.8) is 0 Å². The van der Waals surface area contributed by atoms with Crippen molar-refractivity contribution in [3.8, 4) is 11.5 Å². The number of nitrogens with one attached hydrogen (secondary N) is 2. The van der Waals surface area contributed by atoms with Crippen LogP contribution in [0, 0.1) is 0 Å². The van der Waals surface area contributed by atoms with Crippen LogP contribution in [0.2, 0.25) is 5.02 Å². The van der Waals surface area contributed by atoms with Crippen LogP contribution in [0.5, 0.6) is 11.5 Å². The van der Waals surface area contributed by atoms with Crippen molar-refractivity contribution in [3.05, 3.63) is 71.2 Å². The summed E-state index contributed by atoms with van der Waals surface area (Å²) in [6, 6.07) is 17.4. The number of ether oxygens (including phenoxy) is 2. The van der Waals surface area contributed by atoms with Crippen LogP contribution in [0.3, 0.4) is 0 Å². The fraction of sp³-hybridized carbons (Fsp3) is 0.150. The van der Waals surface area contributed by atoms with Crippen LogP contribution < -0.4 is 20.1 Å². The number of aromatic nitrogens is 2. The van der Waals surface area contributed by atoms with E-state index in [9.17, 15) is 4.79 Å². The summed E-state index contributed by atoms with van der Waals surface area (Å²) in [6.07, 6.45) is 0. The van der Waals surface area contributed by atoms with E-state index in [4.69, 9.17) is 21.1 Å². The summed E-state index contributed by atoms with van der Waals surface area (Å²) in [6.45, 7) is 1.01. The Morgan fingerprint density at radius 3 is 2.21 bits per heavy atom. The quantitative estimate of drug-likeness (QED) is 0.560. The summed E-state index contributed by atoms with van der Waals surface area (Å²) in [5, 5.41) is 14.4. The van der Waals surface area contributed by atoms with Crippen LogP contribution in [0.15, 0.2) is 60.7 Å². The molecule has 2 aromatic carbocycles. The van der Waals surface area contributed by atoms with Gasteiger partial charge in [-0.15, -0.1) is 10.2 Å². The zero-order chi connectivity index (χ0) is 19.8. The molecule has 1 amide bonds. The average Bonchev–Trinajstić information content (AvgIpc) is 2.73. The molecule has 0 saturated carbocycles. The van der Waals surface area contributed by atoms with Crippen LogP contribution in [-0.4, -0.2) is 36.4 Å². The topological polar surface area (TPSA) is 85.4 Å². The SMILES string of the molecule is COc1ccc(OCCNc2ccc(NC(=O)c3ccc(Cl)cc3)nn2)cc1. The summed E-state index contributed by atoms with van der Waals surface area (Å²) in [4.78, 5) is 12.1. The fourth-order valence-corrected chi connectivity index (χ4v) is 2.43. The lowest BCUT2D eigenvalue weighted by molar-refractivity contribution is 0.102. The number of nitrogens with zero attached hydrogens (tertiary/aromatic N) is 2. The highest BCUT2D eigenvalue weighted by Gasteiger charge is 2.07. The number of methoxy groups -OCH3 is 1. The summed E-state index contributed by atoms with van der Waals surface area (Å²) in [5.41, 5.74) is 0.490. The first-order valence-electron chi connectivity index (χ1n) is 8.55. The van der Waals surface area contributed by atoms with Crippen LogP contribution in [0.4, 0.5) is 11.6 Å². The van der Waals surface area contributed by atoms with E-state index in [-0.39, 0.29) is 5.91 Å². The maximum absolute atomic E-state index is 12.1. The summed E-state index contributed by atoms with van der Waals surface area (Å²) in [7, 11) is 1.62. The molecule has 0 aliphatic rings. The number of amides is 1. The largest absolute Gasteiger partial charge is 0.497 e. The number of benzene rings is 2. The molecule has 7 nitrogen and oxygen atoms in total. The summed E-state index contributed by atoms with van der Waals surface area (Å²) < 4.78 is 10.7. The van der Waals surface area contributed by atoms with Gasteiger partial charge in [-0.05, 0) is 60.7 Å². The number of anilines is 2. The van der Waals surface area contributed by atoms with E-state index in [0.717, 1.165) is 11.5 Å². The molecule has 1 heterocycles. The molecule has 1 aromatic heterocycles. The molecule has 3 aromatic rings. The maximum atomic E-state index is 12.1. The lowest BCUT2D eigenvalue weighted by Crippen LogP contribution is -2.15. The van der Waals surface area contributed by atoms with Gasteiger partial charge < -0.3 is 20.1 Å². The number of hydrogen-bond donors (Lipinski definition) is 2. The van der Waals surface area contributed by atoms with Gasteiger partial charge in [0.25, 0.3) is 5.91 Å². The first kappa shape index (κ1) is 19.4. The van der Waals surface area contributed by atoms with Crippen molar-refractivity contribution < 1.29 is 14.3 Å². The predicted octanol–water partition coefficient (Wildman–Crippen LogP) is 3.88. The number of rotatable bonds is 8. The minimum Gasteiger partial charge on any atom is -0.497 e. The van der Waals surface area contributed by atoms with Crippen molar-refractivity contribution >= 4 is 29.1 Å². The highest BCUT2D eigenvalue weighted by atomic mass is 35.5. The molecule has 0 fully saturated rings. The van der Waals surface area contributed by atoms with Gasteiger partial charge in [0.2, 0.25) is 0 Å². The molecule has 0 aliphatic carbocycles. The fourth-order valence-electron chi connectivity index (χ4n) is 2.30. The Balaban J connectivity index is 1.43. The number of halogens is 1. The van der Waals surface area contributed by atoms with Crippen molar-refractivity contribution in [2.75, 3.05) is 30.9 Å². The second kappa shape index (κ2) is 9.57. The van der Waals surface area contributed by atoms with Crippen molar-refractivity contribution in [1.82, 2.24) is 10.2 Å². The Kier molecular flexibility index (Phi) is 6.64. The van der Waals surface area contributed by atoms with Gasteiger partial charge in [-0.2, -0.15) is 0 Å². The molecular formula is C20H19ClN4O3. The summed E-state index contributed by atoms with van der Waals surface area (Å²) >= 11 is 5.82. The molecule has 0 saturated heterocycles. The molecule has 0 unspecified atom stereocenters. The molecule has 3 rings (SSSR count). The first-order chi connectivity index (χ1) is 13.6. The van der Waals surface area contributed by atoms with Crippen molar-refractivity contribution in [1.29, 1.82) is 0 Å². The van der Waals surface area contributed by atoms with E-state index in [1.54, 1.807) is 43.5 Å². The van der Waals surface area contributed by atoms with E-state index < -0.39 is 0 Å². The van der Waals surface area contributed by atoms with Gasteiger partial charge in [-0.25, -0.2) is 0 Å². The van der Waals surface area contributed by atoms with Crippen LogP contribution in [0.1, 0.15) is 10.4 Å². The molecule has 0 spiro atoms. The smallest absolute Gasteiger partial charge is 0.256 e. The van der Waals surface area contributed by atoms with Crippen LogP contribution in [-0.2, 0) is 0 Å². The lowest BCUT2D eigenvalue weighted by Gasteiger charge is -2.09. The van der Waals surface area contributed by atoms with Gasteiger partial charge in [0.15, 0.2) is 5.82 Å². The van der Waals surface area contributed by atoms with E-state index in [2.05, 4.69) is 20.8 Å². The third-order valence-corrected chi connectivity index (χ3v) is 4.00. The Morgan fingerprint density at radius 1 is 0.929 bits per heavy atom. The zero-order valence-corrected chi connectivity index (χ0v) is 15.9. The zero-order valence-electron chi connectivity index (χ0n) is 15.2. The van der Waals surface area contributed by atoms with E-state index in [0.29, 0.717) is 35.4 Å². The maximum Gasteiger partial charge on any atom is 0.256 e. The molecule has 0 bridgehead atoms. The molecule has 0 radical (unpaired) electrons. The van der Waals surface area contributed by atoms with Gasteiger partial charge >= 0.3 is 0 Å². The van der Waals surface area contributed by atoms with Gasteiger partial charge in [-0.3, -0.25) is 4.79 Å². The number of carbonyl (C=O) groups excluding carboxylic acids is 1. The van der Waals surface area contributed by atoms with Gasteiger partial charge in [0, 0.05) is 10.6 Å². The highest BCUT2D eigenvalue weighted by Crippen LogP contribution is 2.17. The molecule has 2 N–H and O–H groups in total. The minimum absolute atomic E-state index is 0.278. The van der Waals surface area contributed by atoms with E-state index >= 15 is 0 Å². The molecule has 8 heteroatoms. The average molecular weight is 399 g/mol. The molecule has 28 heavy (non-hydrogen) atoms. The Morgan fingerprint density at radius 2 is 1.57 bits per heavy atom.